The van der Waals surface area contributed by atoms with Crippen LogP contribution >= 0.6 is 0 Å². The molecule has 0 saturated heterocycles. The summed E-state index contributed by atoms with van der Waals surface area (Å²) in [7, 11) is 0. The van der Waals surface area contributed by atoms with E-state index in [1.54, 1.807) is 0 Å². The van der Waals surface area contributed by atoms with Gasteiger partial charge in [0.15, 0.2) is 0 Å². The van der Waals surface area contributed by atoms with Crippen LogP contribution in [0.3, 0.4) is 0 Å². The first-order chi connectivity index (χ1) is 5.31. The van der Waals surface area contributed by atoms with Gasteiger partial charge in [0.2, 0.25) is 0 Å². The summed E-state index contributed by atoms with van der Waals surface area (Å²) in [6, 6.07) is 0.654. The number of nitrogens with one attached hydrogen (secondary N) is 1. The van der Waals surface area contributed by atoms with Crippen LogP contribution in [0.2, 0.25) is 0 Å². The van der Waals surface area contributed by atoms with Gasteiger partial charge < -0.3 is 5.32 Å². The van der Waals surface area contributed by atoms with E-state index in [4.69, 9.17) is 6.42 Å². The number of unbranched alkanes of at least 4 members (excludes halogenated alkanes) is 2. The highest BCUT2D eigenvalue weighted by Gasteiger charge is 1.94. The number of hydrogen-bond donors (Lipinski definition) is 1. The lowest BCUT2D eigenvalue weighted by atomic mass is 10.2. The van der Waals surface area contributed by atoms with E-state index in [1.165, 1.54) is 12.8 Å². The molecule has 0 radical (unpaired) electrons. The lowest BCUT2D eigenvalue weighted by molar-refractivity contribution is 0.518. The van der Waals surface area contributed by atoms with Crippen LogP contribution in [0.5, 0.6) is 0 Å². The standard InChI is InChI=1S/C10H19N/c1-4-6-7-8-9-11-10(3)5-2/h1,10-11H,5-9H2,2-3H3. The Morgan fingerprint density at radius 3 is 2.73 bits per heavy atom. The summed E-state index contributed by atoms with van der Waals surface area (Å²) >= 11 is 0. The SMILES string of the molecule is C#CCCCCNC(C)CC. The van der Waals surface area contributed by atoms with Crippen LogP contribution in [0.25, 0.3) is 0 Å². The Bertz CT molecular complexity index is 113. The van der Waals surface area contributed by atoms with Crippen molar-refractivity contribution in [3.8, 4) is 12.3 Å². The average molecular weight is 153 g/mol. The van der Waals surface area contributed by atoms with Crippen LogP contribution < -0.4 is 5.32 Å². The molecule has 0 aromatic carbocycles. The van der Waals surface area contributed by atoms with Gasteiger partial charge in [-0.2, -0.15) is 0 Å². The second-order valence-corrected chi connectivity index (χ2v) is 2.92. The molecule has 0 aliphatic rings. The fourth-order valence-corrected chi connectivity index (χ4v) is 0.845. The molecule has 11 heavy (non-hydrogen) atoms. The molecule has 0 bridgehead atoms. The van der Waals surface area contributed by atoms with Gasteiger partial charge in [-0.3, -0.25) is 0 Å². The normalized spacial score (nSPS) is 12.5. The molecule has 1 heteroatoms. The van der Waals surface area contributed by atoms with E-state index < -0.39 is 0 Å². The Morgan fingerprint density at radius 1 is 1.45 bits per heavy atom. The molecule has 1 nitrogen and oxygen atoms in total. The molecule has 0 aromatic heterocycles. The van der Waals surface area contributed by atoms with E-state index in [2.05, 4.69) is 25.1 Å². The number of rotatable bonds is 6. The van der Waals surface area contributed by atoms with Crippen molar-refractivity contribution < 1.29 is 0 Å². The van der Waals surface area contributed by atoms with Gasteiger partial charge in [-0.25, -0.2) is 0 Å². The largest absolute Gasteiger partial charge is 0.314 e. The van der Waals surface area contributed by atoms with Crippen molar-refractivity contribution in [3.05, 3.63) is 0 Å². The summed E-state index contributed by atoms with van der Waals surface area (Å²) in [5, 5.41) is 3.42. The highest BCUT2D eigenvalue weighted by atomic mass is 14.9. The van der Waals surface area contributed by atoms with Crippen molar-refractivity contribution in [2.75, 3.05) is 6.54 Å². The zero-order chi connectivity index (χ0) is 8.53. The highest BCUT2D eigenvalue weighted by molar-refractivity contribution is 4.82. The molecular formula is C10H19N. The van der Waals surface area contributed by atoms with Crippen LogP contribution in [0.4, 0.5) is 0 Å². The fourth-order valence-electron chi connectivity index (χ4n) is 0.845. The number of terminal acetylenes is 1. The van der Waals surface area contributed by atoms with Gasteiger partial charge in [0.25, 0.3) is 0 Å². The maximum Gasteiger partial charge on any atom is 0.00865 e. The lowest BCUT2D eigenvalue weighted by Crippen LogP contribution is -2.25. The van der Waals surface area contributed by atoms with Gasteiger partial charge in [0, 0.05) is 12.5 Å². The van der Waals surface area contributed by atoms with Gasteiger partial charge in [-0.15, -0.1) is 12.3 Å². The van der Waals surface area contributed by atoms with Crippen LogP contribution in [0.15, 0.2) is 0 Å². The first kappa shape index (κ1) is 10.5. The first-order valence-corrected chi connectivity index (χ1v) is 4.48. The van der Waals surface area contributed by atoms with E-state index >= 15 is 0 Å². The lowest BCUT2D eigenvalue weighted by Gasteiger charge is -2.09. The molecule has 0 heterocycles. The van der Waals surface area contributed by atoms with Crippen molar-refractivity contribution in [1.82, 2.24) is 5.32 Å². The van der Waals surface area contributed by atoms with Crippen molar-refractivity contribution in [2.45, 2.75) is 45.6 Å². The average Bonchev–Trinajstić information content (AvgIpc) is 2.04. The third kappa shape index (κ3) is 7.42. The third-order valence-electron chi connectivity index (χ3n) is 1.85. The Labute approximate surface area is 70.6 Å². The first-order valence-electron chi connectivity index (χ1n) is 4.48. The number of hydrogen-bond acceptors (Lipinski definition) is 1. The van der Waals surface area contributed by atoms with E-state index in [9.17, 15) is 0 Å². The Balaban J connectivity index is 2.97. The summed E-state index contributed by atoms with van der Waals surface area (Å²) in [5.41, 5.74) is 0. The molecule has 0 aliphatic carbocycles. The van der Waals surface area contributed by atoms with E-state index in [-0.39, 0.29) is 0 Å². The predicted molar refractivity (Wildman–Crippen MR) is 50.4 cm³/mol. The second-order valence-electron chi connectivity index (χ2n) is 2.92. The second kappa shape index (κ2) is 7.63. The van der Waals surface area contributed by atoms with Gasteiger partial charge in [-0.1, -0.05) is 6.92 Å². The maximum absolute atomic E-state index is 5.13. The molecule has 0 saturated carbocycles. The summed E-state index contributed by atoms with van der Waals surface area (Å²) in [6.07, 6.45) is 9.60. The molecule has 64 valence electrons. The summed E-state index contributed by atoms with van der Waals surface area (Å²) in [6.45, 7) is 5.51. The monoisotopic (exact) mass is 153 g/mol. The molecule has 0 spiro atoms. The maximum atomic E-state index is 5.13. The molecular weight excluding hydrogens is 134 g/mol. The van der Waals surface area contributed by atoms with E-state index in [1.807, 2.05) is 0 Å². The van der Waals surface area contributed by atoms with Crippen molar-refractivity contribution in [3.63, 3.8) is 0 Å². The van der Waals surface area contributed by atoms with Gasteiger partial charge in [0.05, 0.1) is 0 Å². The Hall–Kier alpha value is -0.480. The van der Waals surface area contributed by atoms with Crippen LogP contribution in [-0.2, 0) is 0 Å². The van der Waals surface area contributed by atoms with Gasteiger partial charge in [-0.05, 0) is 32.7 Å². The minimum Gasteiger partial charge on any atom is -0.314 e. The third-order valence-corrected chi connectivity index (χ3v) is 1.85. The van der Waals surface area contributed by atoms with Crippen LogP contribution in [0.1, 0.15) is 39.5 Å². The molecule has 1 unspecified atom stereocenters. The molecule has 0 fully saturated rings. The molecule has 1 atom stereocenters. The molecule has 0 aromatic rings. The molecule has 0 amide bonds. The zero-order valence-corrected chi connectivity index (χ0v) is 7.69. The van der Waals surface area contributed by atoms with Gasteiger partial charge >= 0.3 is 0 Å². The van der Waals surface area contributed by atoms with Crippen molar-refractivity contribution in [1.29, 1.82) is 0 Å². The van der Waals surface area contributed by atoms with E-state index in [0.717, 1.165) is 19.4 Å². The smallest absolute Gasteiger partial charge is 0.00865 e. The molecule has 1 N–H and O–H groups in total. The van der Waals surface area contributed by atoms with Crippen LogP contribution in [0, 0.1) is 12.3 Å². The zero-order valence-electron chi connectivity index (χ0n) is 7.69. The topological polar surface area (TPSA) is 12.0 Å². The quantitative estimate of drug-likeness (QED) is 0.455. The summed E-state index contributed by atoms with van der Waals surface area (Å²) in [4.78, 5) is 0. The van der Waals surface area contributed by atoms with Crippen LogP contribution in [-0.4, -0.2) is 12.6 Å². The molecule has 0 rings (SSSR count). The van der Waals surface area contributed by atoms with E-state index in [0.29, 0.717) is 6.04 Å². The Morgan fingerprint density at radius 2 is 2.18 bits per heavy atom. The summed E-state index contributed by atoms with van der Waals surface area (Å²) in [5.74, 6) is 2.64. The predicted octanol–water partition coefficient (Wildman–Crippen LogP) is 2.18. The minimum atomic E-state index is 0.654. The van der Waals surface area contributed by atoms with Crippen molar-refractivity contribution in [2.24, 2.45) is 0 Å². The van der Waals surface area contributed by atoms with Crippen molar-refractivity contribution >= 4 is 0 Å². The fraction of sp³-hybridized carbons (Fsp3) is 0.800. The van der Waals surface area contributed by atoms with Gasteiger partial charge in [0.1, 0.15) is 0 Å². The highest BCUT2D eigenvalue weighted by Crippen LogP contribution is 1.93. The minimum absolute atomic E-state index is 0.654. The summed E-state index contributed by atoms with van der Waals surface area (Å²) < 4.78 is 0. The Kier molecular flexibility index (Phi) is 7.29. The molecule has 0 aliphatic heterocycles.